The third-order valence-corrected chi connectivity index (χ3v) is 4.25. The number of aryl methyl sites for hydroxylation is 1. The van der Waals surface area contributed by atoms with Crippen LogP contribution in [0.15, 0.2) is 15.1 Å². The molecule has 0 unspecified atom stereocenters. The molecule has 2 aromatic rings. The third kappa shape index (κ3) is 3.63. The number of carbonyl (C=O) groups excluding carboxylic acids is 1. The molecular weight excluding hydrogens is 292 g/mol. The van der Waals surface area contributed by atoms with Crippen molar-refractivity contribution in [2.75, 3.05) is 5.32 Å². The molecule has 8 heteroatoms. The highest BCUT2D eigenvalue weighted by molar-refractivity contribution is 7.99. The lowest BCUT2D eigenvalue weighted by Gasteiger charge is -2.08. The Morgan fingerprint density at radius 3 is 2.95 bits per heavy atom. The molecule has 0 radical (unpaired) electrons. The Hall–Kier alpha value is -1.83. The summed E-state index contributed by atoms with van der Waals surface area (Å²) in [5.41, 5.74) is 0.726. The lowest BCUT2D eigenvalue weighted by Crippen LogP contribution is -2.22. The predicted molar refractivity (Wildman–Crippen MR) is 76.9 cm³/mol. The Balaban J connectivity index is 1.48. The van der Waals surface area contributed by atoms with Gasteiger partial charge in [0.2, 0.25) is 17.7 Å². The van der Waals surface area contributed by atoms with E-state index in [0.29, 0.717) is 23.4 Å². The van der Waals surface area contributed by atoms with Gasteiger partial charge in [-0.3, -0.25) is 10.1 Å². The van der Waals surface area contributed by atoms with E-state index in [1.165, 1.54) is 11.8 Å². The fourth-order valence-electron chi connectivity index (χ4n) is 1.75. The van der Waals surface area contributed by atoms with Crippen molar-refractivity contribution in [1.29, 1.82) is 0 Å². The largest absolute Gasteiger partial charge is 0.338 e. The number of hydrogen-bond donors (Lipinski definition) is 1. The maximum absolute atomic E-state index is 12.0. The topological polar surface area (TPSA) is 94.1 Å². The minimum absolute atomic E-state index is 0.141. The maximum atomic E-state index is 12.0. The van der Waals surface area contributed by atoms with Crippen LogP contribution in [0, 0.1) is 6.92 Å². The van der Waals surface area contributed by atoms with Gasteiger partial charge >= 0.3 is 0 Å². The van der Waals surface area contributed by atoms with Gasteiger partial charge < -0.3 is 9.05 Å². The SMILES string of the molecule is Cc1cc(NC(=O)[C@@H](C)SCc2nc(C3CC3)no2)on1. The van der Waals surface area contributed by atoms with Crippen molar-refractivity contribution >= 4 is 23.6 Å². The Bertz CT molecular complexity index is 635. The van der Waals surface area contributed by atoms with Gasteiger partial charge in [0.25, 0.3) is 0 Å². The van der Waals surface area contributed by atoms with Crippen LogP contribution >= 0.6 is 11.8 Å². The molecule has 3 rings (SSSR count). The van der Waals surface area contributed by atoms with Crippen LogP contribution in [0.5, 0.6) is 0 Å². The summed E-state index contributed by atoms with van der Waals surface area (Å²) >= 11 is 1.44. The first-order valence-corrected chi connectivity index (χ1v) is 7.85. The molecule has 0 aliphatic heterocycles. The van der Waals surface area contributed by atoms with Gasteiger partial charge in [-0.2, -0.15) is 4.98 Å². The van der Waals surface area contributed by atoms with Gasteiger partial charge in [-0.1, -0.05) is 10.3 Å². The first-order chi connectivity index (χ1) is 10.1. The van der Waals surface area contributed by atoms with Crippen LogP contribution in [0.1, 0.15) is 43.1 Å². The Kier molecular flexibility index (Phi) is 3.96. The van der Waals surface area contributed by atoms with Gasteiger partial charge in [0.1, 0.15) is 0 Å². The predicted octanol–water partition coefficient (Wildman–Crippen LogP) is 2.50. The smallest absolute Gasteiger partial charge is 0.239 e. The molecule has 0 saturated heterocycles. The summed E-state index contributed by atoms with van der Waals surface area (Å²) in [6.07, 6.45) is 2.28. The number of nitrogens with zero attached hydrogens (tertiary/aromatic N) is 3. The molecule has 1 fully saturated rings. The van der Waals surface area contributed by atoms with Crippen LogP contribution in [0.3, 0.4) is 0 Å². The molecular formula is C13H16N4O3S. The Labute approximate surface area is 125 Å². The molecule has 112 valence electrons. The number of thioether (sulfide) groups is 1. The highest BCUT2D eigenvalue weighted by Crippen LogP contribution is 2.38. The number of nitrogens with one attached hydrogen (secondary N) is 1. The average molecular weight is 308 g/mol. The molecule has 2 aromatic heterocycles. The molecule has 2 heterocycles. The van der Waals surface area contributed by atoms with E-state index in [2.05, 4.69) is 20.6 Å². The van der Waals surface area contributed by atoms with E-state index in [0.717, 1.165) is 24.4 Å². The third-order valence-electron chi connectivity index (χ3n) is 3.13. The molecule has 0 aromatic carbocycles. The average Bonchev–Trinajstić information content (AvgIpc) is 3.07. The van der Waals surface area contributed by atoms with Crippen molar-refractivity contribution in [2.45, 2.75) is 43.6 Å². The zero-order valence-corrected chi connectivity index (χ0v) is 12.6. The Morgan fingerprint density at radius 1 is 1.48 bits per heavy atom. The van der Waals surface area contributed by atoms with Crippen LogP contribution < -0.4 is 5.32 Å². The minimum atomic E-state index is -0.258. The van der Waals surface area contributed by atoms with E-state index in [9.17, 15) is 4.79 Å². The van der Waals surface area contributed by atoms with Gasteiger partial charge in [0, 0.05) is 12.0 Å². The van der Waals surface area contributed by atoms with Crippen molar-refractivity contribution in [3.05, 3.63) is 23.5 Å². The van der Waals surface area contributed by atoms with Gasteiger partial charge in [0.15, 0.2) is 5.82 Å². The number of rotatable bonds is 6. The molecule has 1 aliphatic rings. The highest BCUT2D eigenvalue weighted by Gasteiger charge is 2.28. The second kappa shape index (κ2) is 5.88. The summed E-state index contributed by atoms with van der Waals surface area (Å²) in [5.74, 6) is 2.57. The van der Waals surface area contributed by atoms with E-state index in [1.54, 1.807) is 13.0 Å². The van der Waals surface area contributed by atoms with Gasteiger partial charge in [-0.15, -0.1) is 11.8 Å². The molecule has 7 nitrogen and oxygen atoms in total. The second-order valence-corrected chi connectivity index (χ2v) is 6.42. The Morgan fingerprint density at radius 2 is 2.29 bits per heavy atom. The number of aromatic nitrogens is 3. The first kappa shape index (κ1) is 14.1. The molecule has 1 N–H and O–H groups in total. The summed E-state index contributed by atoms with van der Waals surface area (Å²) in [5, 5.41) is 10.1. The monoisotopic (exact) mass is 308 g/mol. The van der Waals surface area contributed by atoms with Crippen LogP contribution in [0.4, 0.5) is 5.88 Å². The van der Waals surface area contributed by atoms with Crippen molar-refractivity contribution in [2.24, 2.45) is 0 Å². The van der Waals surface area contributed by atoms with Crippen LogP contribution in [0.25, 0.3) is 0 Å². The van der Waals surface area contributed by atoms with E-state index in [1.807, 2.05) is 6.92 Å². The van der Waals surface area contributed by atoms with Crippen LogP contribution in [-0.2, 0) is 10.5 Å². The van der Waals surface area contributed by atoms with Gasteiger partial charge in [0.05, 0.1) is 16.7 Å². The van der Waals surface area contributed by atoms with E-state index in [-0.39, 0.29) is 11.2 Å². The maximum Gasteiger partial charge on any atom is 0.239 e. The zero-order chi connectivity index (χ0) is 14.8. The molecule has 21 heavy (non-hydrogen) atoms. The second-order valence-electron chi connectivity index (χ2n) is 5.10. The van der Waals surface area contributed by atoms with E-state index in [4.69, 9.17) is 9.05 Å². The fraction of sp³-hybridized carbons (Fsp3) is 0.538. The fourth-order valence-corrected chi connectivity index (χ4v) is 2.47. The van der Waals surface area contributed by atoms with Crippen LogP contribution in [-0.4, -0.2) is 26.5 Å². The number of hydrogen-bond acceptors (Lipinski definition) is 7. The molecule has 1 aliphatic carbocycles. The van der Waals surface area contributed by atoms with Gasteiger partial charge in [-0.25, -0.2) is 0 Å². The molecule has 1 atom stereocenters. The molecule has 1 saturated carbocycles. The number of amides is 1. The molecule has 0 spiro atoms. The standard InChI is InChI=1S/C13H16N4O3S/c1-7-5-10(19-16-7)15-13(18)8(2)21-6-11-14-12(17-20-11)9-3-4-9/h5,8-9H,3-4,6H2,1-2H3,(H,15,18)/t8-/m1/s1. The summed E-state index contributed by atoms with van der Waals surface area (Å²) in [7, 11) is 0. The van der Waals surface area contributed by atoms with Crippen molar-refractivity contribution < 1.29 is 13.8 Å². The van der Waals surface area contributed by atoms with Crippen molar-refractivity contribution in [1.82, 2.24) is 15.3 Å². The summed E-state index contributed by atoms with van der Waals surface area (Å²) in [6.45, 7) is 3.62. The lowest BCUT2D eigenvalue weighted by molar-refractivity contribution is -0.115. The minimum Gasteiger partial charge on any atom is -0.338 e. The van der Waals surface area contributed by atoms with E-state index >= 15 is 0 Å². The number of carbonyl (C=O) groups is 1. The summed E-state index contributed by atoms with van der Waals surface area (Å²) in [4.78, 5) is 16.3. The first-order valence-electron chi connectivity index (χ1n) is 6.80. The summed E-state index contributed by atoms with van der Waals surface area (Å²) < 4.78 is 10.1. The molecule has 0 bridgehead atoms. The summed E-state index contributed by atoms with van der Waals surface area (Å²) in [6, 6.07) is 1.68. The van der Waals surface area contributed by atoms with Crippen molar-refractivity contribution in [3.8, 4) is 0 Å². The molecule has 1 amide bonds. The zero-order valence-electron chi connectivity index (χ0n) is 11.8. The lowest BCUT2D eigenvalue weighted by atomic mass is 10.4. The highest BCUT2D eigenvalue weighted by atomic mass is 32.2. The van der Waals surface area contributed by atoms with Gasteiger partial charge in [-0.05, 0) is 26.7 Å². The number of anilines is 1. The van der Waals surface area contributed by atoms with E-state index < -0.39 is 0 Å². The normalized spacial score (nSPS) is 15.9. The quantitative estimate of drug-likeness (QED) is 0.876. The van der Waals surface area contributed by atoms with Crippen LogP contribution in [0.2, 0.25) is 0 Å². The van der Waals surface area contributed by atoms with Crippen molar-refractivity contribution in [3.63, 3.8) is 0 Å².